The summed E-state index contributed by atoms with van der Waals surface area (Å²) in [5.41, 5.74) is 0.734. The lowest BCUT2D eigenvalue weighted by molar-refractivity contribution is 0.635. The first kappa shape index (κ1) is 11.1. The fraction of sp³-hybridized carbons (Fsp3) is 0.250. The molecule has 0 aliphatic rings. The summed E-state index contributed by atoms with van der Waals surface area (Å²) in [7, 11) is 0. The van der Waals surface area contributed by atoms with E-state index in [2.05, 4.69) is 4.98 Å². The zero-order valence-corrected chi connectivity index (χ0v) is 9.73. The summed E-state index contributed by atoms with van der Waals surface area (Å²) in [4.78, 5) is 14.7. The number of halogens is 2. The molecular formula is C12H11ClFNO. The number of aromatic amines is 1. The van der Waals surface area contributed by atoms with Gasteiger partial charge in [-0.05, 0) is 18.1 Å². The molecule has 0 bridgehead atoms. The van der Waals surface area contributed by atoms with Crippen LogP contribution in [0.15, 0.2) is 23.0 Å². The lowest BCUT2D eigenvalue weighted by Gasteiger charge is -2.08. The van der Waals surface area contributed by atoms with Crippen LogP contribution in [0, 0.1) is 5.82 Å². The van der Waals surface area contributed by atoms with E-state index >= 15 is 0 Å². The number of H-pyrrole nitrogens is 1. The molecular weight excluding hydrogens is 229 g/mol. The number of nitrogens with one attached hydrogen (secondary N) is 1. The predicted octanol–water partition coefficient (Wildman–Crippen LogP) is 3.44. The third-order valence-corrected chi connectivity index (χ3v) is 2.72. The second-order valence-electron chi connectivity index (χ2n) is 4.05. The van der Waals surface area contributed by atoms with Gasteiger partial charge in [0.2, 0.25) is 0 Å². The minimum atomic E-state index is -0.498. The fourth-order valence-corrected chi connectivity index (χ4v) is 1.81. The molecule has 1 aromatic heterocycles. The minimum Gasteiger partial charge on any atom is -0.356 e. The van der Waals surface area contributed by atoms with E-state index in [9.17, 15) is 9.18 Å². The normalized spacial score (nSPS) is 11.3. The highest BCUT2D eigenvalue weighted by atomic mass is 35.5. The molecule has 84 valence electrons. The van der Waals surface area contributed by atoms with Crippen molar-refractivity contribution in [1.29, 1.82) is 0 Å². The van der Waals surface area contributed by atoms with Gasteiger partial charge in [0.25, 0.3) is 0 Å². The van der Waals surface area contributed by atoms with Crippen LogP contribution in [0.5, 0.6) is 0 Å². The number of rotatable bonds is 1. The Balaban J connectivity index is 2.87. The SMILES string of the molecule is CC(C)c1cc(=O)c2cc(Cl)cc(F)c2[nH]1. The van der Waals surface area contributed by atoms with E-state index in [0.29, 0.717) is 0 Å². The first-order valence-corrected chi connectivity index (χ1v) is 5.39. The molecule has 0 saturated heterocycles. The summed E-state index contributed by atoms with van der Waals surface area (Å²) in [6.45, 7) is 3.87. The molecule has 0 spiro atoms. The van der Waals surface area contributed by atoms with E-state index < -0.39 is 5.82 Å². The van der Waals surface area contributed by atoms with Crippen LogP contribution in [0.4, 0.5) is 4.39 Å². The lowest BCUT2D eigenvalue weighted by Crippen LogP contribution is -2.07. The molecule has 2 nitrogen and oxygen atoms in total. The van der Waals surface area contributed by atoms with E-state index in [-0.39, 0.29) is 27.3 Å². The van der Waals surface area contributed by atoms with Crippen LogP contribution in [0.25, 0.3) is 10.9 Å². The van der Waals surface area contributed by atoms with Gasteiger partial charge in [0.1, 0.15) is 5.82 Å². The van der Waals surface area contributed by atoms with Gasteiger partial charge in [-0.3, -0.25) is 4.79 Å². The smallest absolute Gasteiger partial charge is 0.189 e. The van der Waals surface area contributed by atoms with E-state index in [0.717, 1.165) is 5.69 Å². The molecule has 0 amide bonds. The van der Waals surface area contributed by atoms with Crippen LogP contribution in [0.1, 0.15) is 25.5 Å². The highest BCUT2D eigenvalue weighted by Gasteiger charge is 2.09. The van der Waals surface area contributed by atoms with E-state index in [1.54, 1.807) is 0 Å². The lowest BCUT2D eigenvalue weighted by atomic mass is 10.1. The third kappa shape index (κ3) is 1.83. The summed E-state index contributed by atoms with van der Waals surface area (Å²) < 4.78 is 13.6. The molecule has 2 aromatic rings. The molecule has 0 radical (unpaired) electrons. The molecule has 0 fully saturated rings. The second-order valence-corrected chi connectivity index (χ2v) is 4.49. The molecule has 0 saturated carbocycles. The molecule has 1 aromatic carbocycles. The maximum atomic E-state index is 13.6. The van der Waals surface area contributed by atoms with Gasteiger partial charge < -0.3 is 4.98 Å². The largest absolute Gasteiger partial charge is 0.356 e. The average Bonchev–Trinajstić information content (AvgIpc) is 2.19. The van der Waals surface area contributed by atoms with Gasteiger partial charge in [-0.25, -0.2) is 4.39 Å². The highest BCUT2D eigenvalue weighted by Crippen LogP contribution is 2.21. The summed E-state index contributed by atoms with van der Waals surface area (Å²) >= 11 is 5.71. The first-order valence-electron chi connectivity index (χ1n) is 5.01. The van der Waals surface area contributed by atoms with Crippen LogP contribution in [0.3, 0.4) is 0 Å². The zero-order chi connectivity index (χ0) is 11.9. The molecule has 16 heavy (non-hydrogen) atoms. The van der Waals surface area contributed by atoms with Gasteiger partial charge in [-0.2, -0.15) is 0 Å². The van der Waals surface area contributed by atoms with Crippen LogP contribution >= 0.6 is 11.6 Å². The van der Waals surface area contributed by atoms with E-state index in [4.69, 9.17) is 11.6 Å². The molecule has 0 aliphatic carbocycles. The summed E-state index contributed by atoms with van der Waals surface area (Å²) in [5, 5.41) is 0.516. The summed E-state index contributed by atoms with van der Waals surface area (Å²) in [6, 6.07) is 4.16. The number of fused-ring (bicyclic) bond motifs is 1. The van der Waals surface area contributed by atoms with E-state index in [1.807, 2.05) is 13.8 Å². The molecule has 2 rings (SSSR count). The number of hydrogen-bond donors (Lipinski definition) is 1. The van der Waals surface area contributed by atoms with Gasteiger partial charge >= 0.3 is 0 Å². The van der Waals surface area contributed by atoms with Crippen molar-refractivity contribution in [3.05, 3.63) is 45.0 Å². The summed E-state index contributed by atoms with van der Waals surface area (Å²) in [5.74, 6) is -0.353. The Kier molecular flexibility index (Phi) is 2.72. The monoisotopic (exact) mass is 239 g/mol. The second kappa shape index (κ2) is 3.91. The standard InChI is InChI=1S/C12H11ClFNO/c1-6(2)10-5-11(16)8-3-7(13)4-9(14)12(8)15-10/h3-6H,1-2H3,(H,15,16). The van der Waals surface area contributed by atoms with Crippen molar-refractivity contribution in [2.75, 3.05) is 0 Å². The number of benzene rings is 1. The molecule has 1 heterocycles. The number of hydrogen-bond acceptors (Lipinski definition) is 1. The van der Waals surface area contributed by atoms with Crippen molar-refractivity contribution in [1.82, 2.24) is 4.98 Å². The van der Waals surface area contributed by atoms with Crippen LogP contribution in [0.2, 0.25) is 5.02 Å². The van der Waals surface area contributed by atoms with Crippen LogP contribution in [-0.4, -0.2) is 4.98 Å². The number of aromatic nitrogens is 1. The van der Waals surface area contributed by atoms with Gasteiger partial charge in [0.15, 0.2) is 5.43 Å². The van der Waals surface area contributed by atoms with Crippen molar-refractivity contribution < 1.29 is 4.39 Å². The van der Waals surface area contributed by atoms with Gasteiger partial charge in [0, 0.05) is 22.2 Å². The Labute approximate surface area is 97.1 Å². The Morgan fingerprint density at radius 3 is 2.62 bits per heavy atom. The van der Waals surface area contributed by atoms with Crippen LogP contribution < -0.4 is 5.43 Å². The van der Waals surface area contributed by atoms with Crippen molar-refractivity contribution in [3.8, 4) is 0 Å². The van der Waals surface area contributed by atoms with Crippen molar-refractivity contribution >= 4 is 22.5 Å². The first-order chi connectivity index (χ1) is 7.49. The van der Waals surface area contributed by atoms with Gasteiger partial charge in [-0.1, -0.05) is 25.4 Å². The maximum Gasteiger partial charge on any atom is 0.189 e. The maximum absolute atomic E-state index is 13.6. The number of pyridine rings is 1. The molecule has 0 unspecified atom stereocenters. The Morgan fingerprint density at radius 1 is 1.31 bits per heavy atom. The van der Waals surface area contributed by atoms with Gasteiger partial charge in [-0.15, -0.1) is 0 Å². The Hall–Kier alpha value is -1.35. The van der Waals surface area contributed by atoms with Crippen molar-refractivity contribution in [2.45, 2.75) is 19.8 Å². The van der Waals surface area contributed by atoms with Crippen molar-refractivity contribution in [3.63, 3.8) is 0 Å². The quantitative estimate of drug-likeness (QED) is 0.812. The third-order valence-electron chi connectivity index (χ3n) is 2.50. The molecule has 1 N–H and O–H groups in total. The Bertz CT molecular complexity index is 604. The molecule has 0 atom stereocenters. The van der Waals surface area contributed by atoms with E-state index in [1.165, 1.54) is 18.2 Å². The van der Waals surface area contributed by atoms with Gasteiger partial charge in [0.05, 0.1) is 5.52 Å². The predicted molar refractivity (Wildman–Crippen MR) is 63.6 cm³/mol. The molecule has 0 aliphatic heterocycles. The Morgan fingerprint density at radius 2 is 2.00 bits per heavy atom. The fourth-order valence-electron chi connectivity index (χ4n) is 1.61. The summed E-state index contributed by atoms with van der Waals surface area (Å²) in [6.07, 6.45) is 0. The highest BCUT2D eigenvalue weighted by molar-refractivity contribution is 6.31. The van der Waals surface area contributed by atoms with Crippen LogP contribution in [-0.2, 0) is 0 Å². The zero-order valence-electron chi connectivity index (χ0n) is 8.97. The van der Waals surface area contributed by atoms with Crippen molar-refractivity contribution in [2.24, 2.45) is 0 Å². The minimum absolute atomic E-state index is 0.146. The molecule has 4 heteroatoms. The average molecular weight is 240 g/mol. The topological polar surface area (TPSA) is 32.9 Å².